The number of nitrogens with zero attached hydrogens (tertiary/aromatic N) is 1. The topological polar surface area (TPSA) is 81.0 Å². The summed E-state index contributed by atoms with van der Waals surface area (Å²) in [6.07, 6.45) is 4.24. The maximum Gasteiger partial charge on any atom is 0.268 e. The molecule has 0 amide bonds. The largest absolute Gasteiger partial charge is 0.472 e. The summed E-state index contributed by atoms with van der Waals surface area (Å²) in [5, 5.41) is 0. The van der Waals surface area contributed by atoms with E-state index in [9.17, 15) is 4.79 Å². The number of aromatic nitrogens is 2. The summed E-state index contributed by atoms with van der Waals surface area (Å²) >= 11 is 3.14. The van der Waals surface area contributed by atoms with Crippen molar-refractivity contribution in [3.05, 3.63) is 21.2 Å². The van der Waals surface area contributed by atoms with Gasteiger partial charge in [0.25, 0.3) is 5.56 Å². The second-order valence-corrected chi connectivity index (χ2v) is 4.39. The monoisotopic (exact) mass is 273 g/mol. The molecule has 0 bridgehead atoms. The predicted molar refractivity (Wildman–Crippen MR) is 58.8 cm³/mol. The van der Waals surface area contributed by atoms with E-state index in [4.69, 9.17) is 10.5 Å². The zero-order chi connectivity index (χ0) is 10.8. The van der Waals surface area contributed by atoms with Gasteiger partial charge in [0, 0.05) is 6.04 Å². The molecule has 1 aromatic rings. The van der Waals surface area contributed by atoms with E-state index >= 15 is 0 Å². The second kappa shape index (κ2) is 4.32. The number of nitrogens with two attached hydrogens (primary N) is 1. The van der Waals surface area contributed by atoms with E-state index in [1.807, 2.05) is 0 Å². The molecule has 1 heterocycles. The molecule has 1 saturated carbocycles. The Morgan fingerprint density at radius 3 is 3.07 bits per heavy atom. The fraction of sp³-hybridized carbons (Fsp3) is 0.556. The first kappa shape index (κ1) is 10.6. The minimum atomic E-state index is -0.244. The van der Waals surface area contributed by atoms with Crippen LogP contribution < -0.4 is 16.0 Å². The zero-order valence-electron chi connectivity index (χ0n) is 8.07. The van der Waals surface area contributed by atoms with Crippen LogP contribution in [0.1, 0.15) is 19.3 Å². The normalized spacial score (nSPS) is 25.5. The summed E-state index contributed by atoms with van der Waals surface area (Å²) in [7, 11) is 0. The van der Waals surface area contributed by atoms with Crippen molar-refractivity contribution in [2.75, 3.05) is 0 Å². The summed E-state index contributed by atoms with van der Waals surface area (Å²) in [6.45, 7) is 0. The van der Waals surface area contributed by atoms with Gasteiger partial charge in [0.2, 0.25) is 5.88 Å². The van der Waals surface area contributed by atoms with Gasteiger partial charge in [-0.1, -0.05) is 0 Å². The molecule has 6 heteroatoms. The summed E-state index contributed by atoms with van der Waals surface area (Å²) < 4.78 is 5.92. The Hall–Kier alpha value is -0.880. The van der Waals surface area contributed by atoms with E-state index in [-0.39, 0.29) is 17.7 Å². The van der Waals surface area contributed by atoms with Crippen molar-refractivity contribution in [1.29, 1.82) is 0 Å². The average molecular weight is 274 g/mol. The number of H-pyrrole nitrogens is 1. The molecule has 1 fully saturated rings. The molecule has 0 radical (unpaired) electrons. The highest BCUT2D eigenvalue weighted by molar-refractivity contribution is 9.10. The lowest BCUT2D eigenvalue weighted by molar-refractivity contribution is 0.182. The molecule has 2 rings (SSSR count). The zero-order valence-corrected chi connectivity index (χ0v) is 9.66. The molecule has 0 spiro atoms. The van der Waals surface area contributed by atoms with E-state index in [1.54, 1.807) is 0 Å². The number of ether oxygens (including phenoxy) is 1. The van der Waals surface area contributed by atoms with Gasteiger partial charge in [0.15, 0.2) is 0 Å². The number of aromatic amines is 1. The number of rotatable bonds is 2. The summed E-state index contributed by atoms with van der Waals surface area (Å²) in [5.74, 6) is 0.320. The third-order valence-electron chi connectivity index (χ3n) is 2.53. The third-order valence-corrected chi connectivity index (χ3v) is 3.23. The fourth-order valence-electron chi connectivity index (χ4n) is 1.69. The van der Waals surface area contributed by atoms with E-state index in [2.05, 4.69) is 25.9 Å². The van der Waals surface area contributed by atoms with Gasteiger partial charge in [-0.25, -0.2) is 4.98 Å². The Kier molecular flexibility index (Phi) is 3.06. The van der Waals surface area contributed by atoms with Gasteiger partial charge in [0.05, 0.1) is 6.33 Å². The quantitative estimate of drug-likeness (QED) is 0.835. The highest BCUT2D eigenvalue weighted by atomic mass is 79.9. The van der Waals surface area contributed by atoms with Gasteiger partial charge in [-0.15, -0.1) is 0 Å². The predicted octanol–water partition coefficient (Wildman–Crippen LogP) is 0.791. The molecule has 3 N–H and O–H groups in total. The molecule has 0 aromatic carbocycles. The average Bonchev–Trinajstić information content (AvgIpc) is 2.60. The van der Waals surface area contributed by atoms with Crippen molar-refractivity contribution in [3.8, 4) is 5.88 Å². The first-order valence-corrected chi connectivity index (χ1v) is 5.63. The lowest BCUT2D eigenvalue weighted by atomic mass is 10.2. The smallest absolute Gasteiger partial charge is 0.268 e. The Morgan fingerprint density at radius 1 is 1.60 bits per heavy atom. The van der Waals surface area contributed by atoms with Crippen LogP contribution in [0, 0.1) is 0 Å². The maximum atomic E-state index is 11.2. The van der Waals surface area contributed by atoms with Crippen LogP contribution in [0.25, 0.3) is 0 Å². The van der Waals surface area contributed by atoms with Crippen molar-refractivity contribution in [1.82, 2.24) is 9.97 Å². The molecule has 2 atom stereocenters. The van der Waals surface area contributed by atoms with E-state index < -0.39 is 0 Å². The Morgan fingerprint density at radius 2 is 2.40 bits per heavy atom. The first-order chi connectivity index (χ1) is 7.18. The van der Waals surface area contributed by atoms with Crippen molar-refractivity contribution in [2.24, 2.45) is 5.73 Å². The van der Waals surface area contributed by atoms with Crippen LogP contribution in [0.2, 0.25) is 0 Å². The highest BCUT2D eigenvalue weighted by Crippen LogP contribution is 2.25. The van der Waals surface area contributed by atoms with Crippen LogP contribution >= 0.6 is 15.9 Å². The van der Waals surface area contributed by atoms with Crippen LogP contribution in [-0.4, -0.2) is 22.1 Å². The summed E-state index contributed by atoms with van der Waals surface area (Å²) in [4.78, 5) is 17.6. The minimum Gasteiger partial charge on any atom is -0.472 e. The molecule has 0 saturated heterocycles. The van der Waals surface area contributed by atoms with Crippen molar-refractivity contribution < 1.29 is 4.74 Å². The Labute approximate surface area is 95.2 Å². The SMILES string of the molecule is NC1CCCC1Oc1nc[nH]c(=O)c1Br. The van der Waals surface area contributed by atoms with Crippen molar-refractivity contribution in [2.45, 2.75) is 31.4 Å². The summed E-state index contributed by atoms with van der Waals surface area (Å²) in [5.41, 5.74) is 5.62. The molecular formula is C9H12BrN3O2. The van der Waals surface area contributed by atoms with Gasteiger partial charge in [0.1, 0.15) is 10.6 Å². The van der Waals surface area contributed by atoms with Crippen molar-refractivity contribution >= 4 is 15.9 Å². The fourth-order valence-corrected chi connectivity index (χ4v) is 2.00. The van der Waals surface area contributed by atoms with Crippen LogP contribution in [0.4, 0.5) is 0 Å². The number of nitrogens with one attached hydrogen (secondary N) is 1. The molecule has 82 valence electrons. The Balaban J connectivity index is 2.17. The molecule has 1 aliphatic rings. The number of halogens is 1. The van der Waals surface area contributed by atoms with Crippen LogP contribution in [0.5, 0.6) is 5.88 Å². The molecule has 1 aromatic heterocycles. The minimum absolute atomic E-state index is 0.0319. The lowest BCUT2D eigenvalue weighted by Crippen LogP contribution is -2.34. The molecule has 15 heavy (non-hydrogen) atoms. The van der Waals surface area contributed by atoms with Crippen molar-refractivity contribution in [3.63, 3.8) is 0 Å². The van der Waals surface area contributed by atoms with E-state index in [0.717, 1.165) is 19.3 Å². The van der Waals surface area contributed by atoms with Gasteiger partial charge in [-0.2, -0.15) is 0 Å². The molecule has 5 nitrogen and oxygen atoms in total. The Bertz CT molecular complexity index is 407. The van der Waals surface area contributed by atoms with E-state index in [1.165, 1.54) is 6.33 Å². The highest BCUT2D eigenvalue weighted by Gasteiger charge is 2.26. The maximum absolute atomic E-state index is 11.2. The second-order valence-electron chi connectivity index (χ2n) is 3.60. The summed E-state index contributed by atoms with van der Waals surface area (Å²) in [6, 6.07) is 0.0398. The van der Waals surface area contributed by atoms with E-state index in [0.29, 0.717) is 10.4 Å². The number of hydrogen-bond donors (Lipinski definition) is 2. The van der Waals surface area contributed by atoms with Gasteiger partial charge in [-0.05, 0) is 35.2 Å². The van der Waals surface area contributed by atoms with Crippen LogP contribution in [0.3, 0.4) is 0 Å². The standard InChI is InChI=1S/C9H12BrN3O2/c10-7-8(14)12-4-13-9(7)15-6-3-1-2-5(6)11/h4-6H,1-3,11H2,(H,12,13,14). The van der Waals surface area contributed by atoms with Gasteiger partial charge >= 0.3 is 0 Å². The van der Waals surface area contributed by atoms with Gasteiger partial charge in [-0.3, -0.25) is 4.79 Å². The first-order valence-electron chi connectivity index (χ1n) is 4.84. The third kappa shape index (κ3) is 2.21. The number of hydrogen-bond acceptors (Lipinski definition) is 4. The van der Waals surface area contributed by atoms with Crippen LogP contribution in [-0.2, 0) is 0 Å². The lowest BCUT2D eigenvalue weighted by Gasteiger charge is -2.17. The van der Waals surface area contributed by atoms with Gasteiger partial charge < -0.3 is 15.5 Å². The molecule has 0 aliphatic heterocycles. The molecule has 1 aliphatic carbocycles. The molecular weight excluding hydrogens is 262 g/mol. The van der Waals surface area contributed by atoms with Crippen LogP contribution in [0.15, 0.2) is 15.6 Å². The molecule has 2 unspecified atom stereocenters.